The van der Waals surface area contributed by atoms with Gasteiger partial charge in [0.25, 0.3) is 5.91 Å². The number of hydrogen-bond donors (Lipinski definition) is 1. The van der Waals surface area contributed by atoms with E-state index in [0.29, 0.717) is 0 Å². The van der Waals surface area contributed by atoms with E-state index in [1.807, 2.05) is 0 Å². The average Bonchev–Trinajstić information content (AvgIpc) is 2.45. The minimum Gasteiger partial charge on any atom is -0.496 e. The van der Waals surface area contributed by atoms with Crippen LogP contribution in [0.3, 0.4) is 0 Å². The number of methoxy groups -OCH3 is 1. The molecule has 0 aliphatic heterocycles. The van der Waals surface area contributed by atoms with E-state index in [-0.39, 0.29) is 16.3 Å². The number of para-hydroxylation sites is 1. The lowest BCUT2D eigenvalue weighted by Gasteiger charge is -2.15. The Labute approximate surface area is 129 Å². The summed E-state index contributed by atoms with van der Waals surface area (Å²) in [6.07, 6.45) is -4.60. The van der Waals surface area contributed by atoms with Crippen LogP contribution in [-0.2, 0) is 6.18 Å². The fourth-order valence-corrected chi connectivity index (χ4v) is 2.06. The molecule has 2 aromatic carbocycles. The van der Waals surface area contributed by atoms with Gasteiger partial charge in [-0.15, -0.1) is 0 Å². The number of rotatable bonds is 3. The SMILES string of the molecule is COc1ccccc1C(=O)Nc1cc(Cl)ccc1C(F)(F)F. The average molecular weight is 330 g/mol. The molecule has 7 heteroatoms. The van der Waals surface area contributed by atoms with E-state index in [0.717, 1.165) is 18.2 Å². The molecule has 0 spiro atoms. The zero-order chi connectivity index (χ0) is 16.3. The second-order valence-corrected chi connectivity index (χ2v) is 4.78. The van der Waals surface area contributed by atoms with E-state index in [9.17, 15) is 18.0 Å². The maximum atomic E-state index is 13.0. The van der Waals surface area contributed by atoms with Crippen LogP contribution in [0.1, 0.15) is 15.9 Å². The number of benzene rings is 2. The van der Waals surface area contributed by atoms with Gasteiger partial charge in [-0.05, 0) is 30.3 Å². The van der Waals surface area contributed by atoms with Crippen LogP contribution in [0.15, 0.2) is 42.5 Å². The highest BCUT2D eigenvalue weighted by Crippen LogP contribution is 2.36. The molecule has 2 aromatic rings. The molecule has 22 heavy (non-hydrogen) atoms. The van der Waals surface area contributed by atoms with Gasteiger partial charge in [-0.1, -0.05) is 23.7 Å². The molecule has 0 atom stereocenters. The van der Waals surface area contributed by atoms with Crippen molar-refractivity contribution in [1.82, 2.24) is 0 Å². The summed E-state index contributed by atoms with van der Waals surface area (Å²) in [4.78, 5) is 12.2. The zero-order valence-electron chi connectivity index (χ0n) is 11.4. The number of ether oxygens (including phenoxy) is 1. The quantitative estimate of drug-likeness (QED) is 0.892. The van der Waals surface area contributed by atoms with E-state index < -0.39 is 23.3 Å². The second kappa shape index (κ2) is 6.27. The van der Waals surface area contributed by atoms with Gasteiger partial charge in [-0.25, -0.2) is 0 Å². The number of hydrogen-bond acceptors (Lipinski definition) is 2. The first-order chi connectivity index (χ1) is 10.3. The second-order valence-electron chi connectivity index (χ2n) is 4.34. The Hall–Kier alpha value is -2.21. The number of nitrogens with one attached hydrogen (secondary N) is 1. The van der Waals surface area contributed by atoms with Crippen LogP contribution in [0, 0.1) is 0 Å². The standard InChI is InChI=1S/C15H11ClF3NO2/c1-22-13-5-3-2-4-10(13)14(21)20-12-8-9(16)6-7-11(12)15(17,18)19/h2-8H,1H3,(H,20,21). The molecule has 3 nitrogen and oxygen atoms in total. The zero-order valence-corrected chi connectivity index (χ0v) is 12.1. The summed E-state index contributed by atoms with van der Waals surface area (Å²) >= 11 is 5.71. The van der Waals surface area contributed by atoms with E-state index in [4.69, 9.17) is 16.3 Å². The minimum atomic E-state index is -4.60. The molecule has 1 amide bonds. The van der Waals surface area contributed by atoms with Gasteiger partial charge < -0.3 is 10.1 Å². The lowest BCUT2D eigenvalue weighted by atomic mass is 10.1. The Morgan fingerprint density at radius 3 is 2.50 bits per heavy atom. The number of carbonyl (C=O) groups excluding carboxylic acids is 1. The molecule has 0 aliphatic rings. The number of carbonyl (C=O) groups is 1. The first-order valence-electron chi connectivity index (χ1n) is 6.14. The molecule has 0 saturated heterocycles. The van der Waals surface area contributed by atoms with Gasteiger partial charge in [0.2, 0.25) is 0 Å². The van der Waals surface area contributed by atoms with E-state index in [2.05, 4.69) is 5.32 Å². The normalized spacial score (nSPS) is 11.1. The van der Waals surface area contributed by atoms with Gasteiger partial charge in [0.15, 0.2) is 0 Å². The van der Waals surface area contributed by atoms with Crippen molar-refractivity contribution in [2.24, 2.45) is 0 Å². The minimum absolute atomic E-state index is 0.0864. The first kappa shape index (κ1) is 16.2. The van der Waals surface area contributed by atoms with Crippen LogP contribution in [0.25, 0.3) is 0 Å². The number of halogens is 4. The summed E-state index contributed by atoms with van der Waals surface area (Å²) in [7, 11) is 1.37. The first-order valence-corrected chi connectivity index (χ1v) is 6.52. The third-order valence-electron chi connectivity index (χ3n) is 2.89. The molecule has 0 saturated carbocycles. The highest BCUT2D eigenvalue weighted by molar-refractivity contribution is 6.31. The highest BCUT2D eigenvalue weighted by atomic mass is 35.5. The smallest absolute Gasteiger partial charge is 0.418 e. The Balaban J connectivity index is 2.38. The number of amides is 1. The molecular weight excluding hydrogens is 319 g/mol. The third-order valence-corrected chi connectivity index (χ3v) is 3.12. The summed E-state index contributed by atoms with van der Waals surface area (Å²) in [5.74, 6) is -0.458. The van der Waals surface area contributed by atoms with Crippen LogP contribution in [0.5, 0.6) is 5.75 Å². The summed E-state index contributed by atoms with van der Waals surface area (Å²) < 4.78 is 43.9. The van der Waals surface area contributed by atoms with Crippen LogP contribution in [0.4, 0.5) is 18.9 Å². The maximum absolute atomic E-state index is 13.0. The molecule has 0 bridgehead atoms. The van der Waals surface area contributed by atoms with Crippen LogP contribution in [-0.4, -0.2) is 13.0 Å². The molecule has 116 valence electrons. The monoisotopic (exact) mass is 329 g/mol. The lowest BCUT2D eigenvalue weighted by molar-refractivity contribution is -0.136. The Morgan fingerprint density at radius 2 is 1.86 bits per heavy atom. The Kier molecular flexibility index (Phi) is 4.61. The highest BCUT2D eigenvalue weighted by Gasteiger charge is 2.34. The van der Waals surface area contributed by atoms with Gasteiger partial charge >= 0.3 is 6.18 Å². The van der Waals surface area contributed by atoms with Crippen molar-refractivity contribution in [3.8, 4) is 5.75 Å². The molecule has 1 N–H and O–H groups in total. The Bertz CT molecular complexity index is 701. The van der Waals surface area contributed by atoms with Gasteiger partial charge in [0.05, 0.1) is 23.9 Å². The van der Waals surface area contributed by atoms with E-state index in [1.54, 1.807) is 12.1 Å². The largest absolute Gasteiger partial charge is 0.496 e. The summed E-state index contributed by atoms with van der Waals surface area (Å²) in [6, 6.07) is 9.21. The van der Waals surface area contributed by atoms with Crippen molar-refractivity contribution in [3.63, 3.8) is 0 Å². The van der Waals surface area contributed by atoms with Crippen molar-refractivity contribution in [2.75, 3.05) is 12.4 Å². The molecule has 0 heterocycles. The van der Waals surface area contributed by atoms with Crippen molar-refractivity contribution in [3.05, 3.63) is 58.6 Å². The number of anilines is 1. The van der Waals surface area contributed by atoms with Crippen molar-refractivity contribution in [1.29, 1.82) is 0 Å². The fourth-order valence-electron chi connectivity index (χ4n) is 1.89. The summed E-state index contributed by atoms with van der Waals surface area (Å²) in [6.45, 7) is 0. The van der Waals surface area contributed by atoms with E-state index >= 15 is 0 Å². The molecule has 0 aliphatic carbocycles. The molecular formula is C15H11ClF3NO2. The third kappa shape index (κ3) is 3.51. The molecule has 0 aromatic heterocycles. The Morgan fingerprint density at radius 1 is 1.18 bits per heavy atom. The molecule has 0 fully saturated rings. The van der Waals surface area contributed by atoms with Crippen molar-refractivity contribution < 1.29 is 22.7 Å². The maximum Gasteiger partial charge on any atom is 0.418 e. The summed E-state index contributed by atoms with van der Waals surface area (Å²) in [5.41, 5.74) is -1.26. The molecule has 2 rings (SSSR count). The predicted octanol–water partition coefficient (Wildman–Crippen LogP) is 4.62. The number of alkyl halides is 3. The van der Waals surface area contributed by atoms with Gasteiger partial charge in [-0.3, -0.25) is 4.79 Å². The predicted molar refractivity (Wildman–Crippen MR) is 77.4 cm³/mol. The van der Waals surface area contributed by atoms with Gasteiger partial charge in [-0.2, -0.15) is 13.2 Å². The van der Waals surface area contributed by atoms with Crippen LogP contribution < -0.4 is 10.1 Å². The topological polar surface area (TPSA) is 38.3 Å². The van der Waals surface area contributed by atoms with Crippen molar-refractivity contribution in [2.45, 2.75) is 6.18 Å². The van der Waals surface area contributed by atoms with Crippen molar-refractivity contribution >= 4 is 23.2 Å². The van der Waals surface area contributed by atoms with Gasteiger partial charge in [0, 0.05) is 5.02 Å². The van der Waals surface area contributed by atoms with Crippen LogP contribution >= 0.6 is 11.6 Å². The lowest BCUT2D eigenvalue weighted by Crippen LogP contribution is -2.17. The van der Waals surface area contributed by atoms with E-state index in [1.165, 1.54) is 19.2 Å². The summed E-state index contributed by atoms with van der Waals surface area (Å²) in [5, 5.41) is 2.31. The molecule has 0 radical (unpaired) electrons. The van der Waals surface area contributed by atoms with Crippen LogP contribution in [0.2, 0.25) is 5.02 Å². The molecule has 0 unspecified atom stereocenters. The van der Waals surface area contributed by atoms with Gasteiger partial charge in [0.1, 0.15) is 5.75 Å². The fraction of sp³-hybridized carbons (Fsp3) is 0.133.